The third-order valence-corrected chi connectivity index (χ3v) is 5.99. The summed E-state index contributed by atoms with van der Waals surface area (Å²) >= 11 is 7.54. The second-order valence-electron chi connectivity index (χ2n) is 6.87. The first-order valence-corrected chi connectivity index (χ1v) is 10.1. The summed E-state index contributed by atoms with van der Waals surface area (Å²) in [5.41, 5.74) is 4.28. The minimum Gasteiger partial charge on any atom is -0.478 e. The maximum absolute atomic E-state index is 12.8. The zero-order chi connectivity index (χ0) is 20.7. The van der Waals surface area contributed by atoms with Gasteiger partial charge in [0.2, 0.25) is 0 Å². The third-order valence-electron chi connectivity index (χ3n) is 4.64. The van der Waals surface area contributed by atoms with Crippen molar-refractivity contribution in [1.29, 1.82) is 0 Å². The van der Waals surface area contributed by atoms with Gasteiger partial charge in [-0.05, 0) is 43.2 Å². The Morgan fingerprint density at radius 1 is 1.07 bits per heavy atom. The molecule has 7 heteroatoms. The largest absolute Gasteiger partial charge is 0.478 e. The van der Waals surface area contributed by atoms with Gasteiger partial charge in [-0.3, -0.25) is 4.79 Å². The Kier molecular flexibility index (Phi) is 4.90. The smallest absolute Gasteiger partial charge is 0.339 e. The number of carbonyl (C=O) groups is 2. The van der Waals surface area contributed by atoms with Crippen molar-refractivity contribution in [3.63, 3.8) is 0 Å². The van der Waals surface area contributed by atoms with Gasteiger partial charge in [0.05, 0.1) is 15.6 Å². The van der Waals surface area contributed by atoms with Crippen LogP contribution in [0, 0.1) is 13.8 Å². The predicted octanol–water partition coefficient (Wildman–Crippen LogP) is 6.12. The summed E-state index contributed by atoms with van der Waals surface area (Å²) in [6, 6.07) is 13.0. The van der Waals surface area contributed by atoms with Gasteiger partial charge in [-0.25, -0.2) is 4.79 Å². The van der Waals surface area contributed by atoms with Gasteiger partial charge in [0.25, 0.3) is 5.91 Å². The number of thiophene rings is 1. The number of aromatic carboxylic acids is 1. The molecule has 5 nitrogen and oxygen atoms in total. The van der Waals surface area contributed by atoms with Crippen molar-refractivity contribution in [3.05, 3.63) is 75.3 Å². The zero-order valence-corrected chi connectivity index (χ0v) is 17.2. The van der Waals surface area contributed by atoms with E-state index in [0.717, 1.165) is 27.6 Å². The van der Waals surface area contributed by atoms with E-state index < -0.39 is 11.9 Å². The number of nitrogens with one attached hydrogen (secondary N) is 2. The Hall–Kier alpha value is -3.09. The Bertz CT molecular complexity index is 1260. The molecule has 0 radical (unpaired) electrons. The highest BCUT2D eigenvalue weighted by molar-refractivity contribution is 7.14. The minimum atomic E-state index is -1.09. The van der Waals surface area contributed by atoms with Crippen molar-refractivity contribution in [2.75, 3.05) is 5.32 Å². The maximum atomic E-state index is 12.8. The number of halogens is 1. The van der Waals surface area contributed by atoms with Crippen molar-refractivity contribution in [2.45, 2.75) is 13.8 Å². The summed E-state index contributed by atoms with van der Waals surface area (Å²) in [6.45, 7) is 3.89. The number of aromatic amines is 1. The lowest BCUT2D eigenvalue weighted by atomic mass is 10.1. The van der Waals surface area contributed by atoms with E-state index >= 15 is 0 Å². The second-order valence-corrected chi connectivity index (χ2v) is 8.16. The molecule has 2 aromatic carbocycles. The fourth-order valence-corrected chi connectivity index (χ4v) is 4.55. The number of H-pyrrole nitrogens is 1. The number of fused-ring (bicyclic) bond motifs is 1. The molecule has 4 aromatic rings. The molecule has 0 aliphatic heterocycles. The SMILES string of the molecule is Cc1ccc(-c2scc(NC(=O)c3cc4c(Cl)cc(C)cc4[nH]3)c2C(=O)O)cc1. The predicted molar refractivity (Wildman–Crippen MR) is 117 cm³/mol. The van der Waals surface area contributed by atoms with Crippen LogP contribution < -0.4 is 5.32 Å². The van der Waals surface area contributed by atoms with Crippen LogP contribution in [0.4, 0.5) is 5.69 Å². The molecule has 3 N–H and O–H groups in total. The van der Waals surface area contributed by atoms with Crippen LogP contribution in [-0.4, -0.2) is 22.0 Å². The average molecular weight is 425 g/mol. The molecule has 0 bridgehead atoms. The summed E-state index contributed by atoms with van der Waals surface area (Å²) in [4.78, 5) is 28.3. The third kappa shape index (κ3) is 3.64. The molecule has 2 heterocycles. The van der Waals surface area contributed by atoms with Gasteiger partial charge in [0.1, 0.15) is 11.3 Å². The van der Waals surface area contributed by atoms with E-state index in [2.05, 4.69) is 10.3 Å². The van der Waals surface area contributed by atoms with E-state index in [-0.39, 0.29) is 11.3 Å². The number of anilines is 1. The Morgan fingerprint density at radius 3 is 2.48 bits per heavy atom. The fraction of sp³-hybridized carbons (Fsp3) is 0.0909. The highest BCUT2D eigenvalue weighted by Crippen LogP contribution is 2.36. The topological polar surface area (TPSA) is 82.2 Å². The molecule has 0 atom stereocenters. The van der Waals surface area contributed by atoms with Crippen LogP contribution in [0.15, 0.2) is 47.8 Å². The number of amides is 1. The van der Waals surface area contributed by atoms with Crippen LogP contribution in [0.3, 0.4) is 0 Å². The monoisotopic (exact) mass is 424 g/mol. The number of carboxylic acid groups (broad SMARTS) is 1. The molecular weight excluding hydrogens is 408 g/mol. The normalized spacial score (nSPS) is 11.0. The first-order chi connectivity index (χ1) is 13.8. The summed E-state index contributed by atoms with van der Waals surface area (Å²) in [5.74, 6) is -1.52. The molecule has 146 valence electrons. The first-order valence-electron chi connectivity index (χ1n) is 8.85. The second kappa shape index (κ2) is 7.39. The van der Waals surface area contributed by atoms with E-state index in [9.17, 15) is 14.7 Å². The number of hydrogen-bond donors (Lipinski definition) is 3. The van der Waals surface area contributed by atoms with Crippen molar-refractivity contribution in [1.82, 2.24) is 4.98 Å². The van der Waals surface area contributed by atoms with E-state index in [4.69, 9.17) is 11.6 Å². The number of carboxylic acids is 1. The number of aromatic nitrogens is 1. The van der Waals surface area contributed by atoms with Gasteiger partial charge in [0.15, 0.2) is 0 Å². The van der Waals surface area contributed by atoms with Crippen molar-refractivity contribution in [3.8, 4) is 10.4 Å². The molecule has 1 amide bonds. The Balaban J connectivity index is 1.69. The van der Waals surface area contributed by atoms with Gasteiger partial charge in [-0.1, -0.05) is 41.4 Å². The molecular formula is C22H17ClN2O3S. The van der Waals surface area contributed by atoms with Crippen LogP contribution in [0.5, 0.6) is 0 Å². The minimum absolute atomic E-state index is 0.0807. The molecule has 0 saturated carbocycles. The molecule has 0 aliphatic rings. The van der Waals surface area contributed by atoms with Crippen LogP contribution >= 0.6 is 22.9 Å². The highest BCUT2D eigenvalue weighted by Gasteiger charge is 2.22. The van der Waals surface area contributed by atoms with Gasteiger partial charge >= 0.3 is 5.97 Å². The number of benzene rings is 2. The number of hydrogen-bond acceptors (Lipinski definition) is 3. The molecule has 0 spiro atoms. The van der Waals surface area contributed by atoms with Crippen LogP contribution in [-0.2, 0) is 0 Å². The molecule has 0 fully saturated rings. The summed E-state index contributed by atoms with van der Waals surface area (Å²) < 4.78 is 0. The molecule has 4 rings (SSSR count). The van der Waals surface area contributed by atoms with Crippen LogP contribution in [0.1, 0.15) is 32.0 Å². The number of rotatable bonds is 4. The standard InChI is InChI=1S/C22H17ClN2O3S/c1-11-3-5-13(6-4-11)20-19(22(27)28)18(10-29-20)25-21(26)17-9-14-15(23)7-12(2)8-16(14)24-17/h3-10,24H,1-2H3,(H,25,26)(H,27,28). The summed E-state index contributed by atoms with van der Waals surface area (Å²) in [6.07, 6.45) is 0. The Morgan fingerprint density at radius 2 is 1.79 bits per heavy atom. The zero-order valence-electron chi connectivity index (χ0n) is 15.7. The summed E-state index contributed by atoms with van der Waals surface area (Å²) in [7, 11) is 0. The van der Waals surface area contributed by atoms with E-state index in [1.54, 1.807) is 11.4 Å². The lowest BCUT2D eigenvalue weighted by Gasteiger charge is -2.05. The lowest BCUT2D eigenvalue weighted by Crippen LogP contribution is -2.14. The van der Waals surface area contributed by atoms with E-state index in [0.29, 0.717) is 15.6 Å². The van der Waals surface area contributed by atoms with Crippen molar-refractivity contribution >= 4 is 51.4 Å². The van der Waals surface area contributed by atoms with E-state index in [1.807, 2.05) is 50.2 Å². The van der Waals surface area contributed by atoms with Crippen molar-refractivity contribution < 1.29 is 14.7 Å². The van der Waals surface area contributed by atoms with Crippen molar-refractivity contribution in [2.24, 2.45) is 0 Å². The average Bonchev–Trinajstić information content (AvgIpc) is 3.27. The van der Waals surface area contributed by atoms with Gasteiger partial charge in [-0.15, -0.1) is 11.3 Å². The first kappa shape index (κ1) is 19.2. The highest BCUT2D eigenvalue weighted by atomic mass is 35.5. The van der Waals surface area contributed by atoms with Crippen LogP contribution in [0.25, 0.3) is 21.3 Å². The van der Waals surface area contributed by atoms with Gasteiger partial charge in [0, 0.05) is 16.3 Å². The molecule has 29 heavy (non-hydrogen) atoms. The lowest BCUT2D eigenvalue weighted by molar-refractivity contribution is 0.0699. The molecule has 0 aliphatic carbocycles. The Labute approximate surface area is 176 Å². The molecule has 0 saturated heterocycles. The summed E-state index contributed by atoms with van der Waals surface area (Å²) in [5, 5.41) is 15.4. The maximum Gasteiger partial charge on any atom is 0.339 e. The molecule has 2 aromatic heterocycles. The van der Waals surface area contributed by atoms with Gasteiger partial charge < -0.3 is 15.4 Å². The number of aryl methyl sites for hydroxylation is 2. The number of carbonyl (C=O) groups excluding carboxylic acids is 1. The van der Waals surface area contributed by atoms with Crippen LogP contribution in [0.2, 0.25) is 5.02 Å². The fourth-order valence-electron chi connectivity index (χ4n) is 3.22. The van der Waals surface area contributed by atoms with Gasteiger partial charge in [-0.2, -0.15) is 0 Å². The quantitative estimate of drug-likeness (QED) is 0.369. The van der Waals surface area contributed by atoms with E-state index in [1.165, 1.54) is 11.3 Å². The molecule has 0 unspecified atom stereocenters.